The van der Waals surface area contributed by atoms with Crippen LogP contribution in [0.5, 0.6) is 5.75 Å². The van der Waals surface area contributed by atoms with Gasteiger partial charge in [0, 0.05) is 13.1 Å². The molecule has 0 spiro atoms. The van der Waals surface area contributed by atoms with Crippen LogP contribution in [0.15, 0.2) is 24.3 Å². The van der Waals surface area contributed by atoms with Crippen LogP contribution in [0.25, 0.3) is 0 Å². The third-order valence-electron chi connectivity index (χ3n) is 3.04. The molecule has 0 aliphatic carbocycles. The fourth-order valence-electron chi connectivity index (χ4n) is 2.18. The van der Waals surface area contributed by atoms with Gasteiger partial charge < -0.3 is 14.6 Å². The highest BCUT2D eigenvalue weighted by atomic mass is 16.5. The van der Waals surface area contributed by atoms with Crippen molar-refractivity contribution in [2.45, 2.75) is 26.0 Å². The zero-order valence-corrected chi connectivity index (χ0v) is 12.9. The summed E-state index contributed by atoms with van der Waals surface area (Å²) in [6, 6.07) is 7.98. The first-order chi connectivity index (χ1) is 10.2. The number of methoxy groups -OCH3 is 1. The molecule has 4 nitrogen and oxygen atoms in total. The summed E-state index contributed by atoms with van der Waals surface area (Å²) >= 11 is 0. The van der Waals surface area contributed by atoms with Gasteiger partial charge in [-0.3, -0.25) is 4.90 Å². The largest absolute Gasteiger partial charge is 0.497 e. The lowest BCUT2D eigenvalue weighted by molar-refractivity contribution is 0.0261. The Hall–Kier alpha value is -1.54. The van der Waals surface area contributed by atoms with E-state index < -0.39 is 6.10 Å². The molecule has 0 saturated heterocycles. The topological polar surface area (TPSA) is 41.9 Å². The summed E-state index contributed by atoms with van der Waals surface area (Å²) in [4.78, 5) is 2.21. The number of benzene rings is 1. The molecule has 0 aromatic heterocycles. The average Bonchev–Trinajstić information content (AvgIpc) is 2.48. The Morgan fingerprint density at radius 1 is 1.43 bits per heavy atom. The van der Waals surface area contributed by atoms with Crippen LogP contribution in [-0.4, -0.2) is 49.5 Å². The maximum atomic E-state index is 9.99. The highest BCUT2D eigenvalue weighted by Gasteiger charge is 2.12. The van der Waals surface area contributed by atoms with E-state index in [1.54, 1.807) is 7.11 Å². The average molecular weight is 291 g/mol. The third kappa shape index (κ3) is 7.14. The van der Waals surface area contributed by atoms with E-state index >= 15 is 0 Å². The molecule has 21 heavy (non-hydrogen) atoms. The lowest BCUT2D eigenvalue weighted by Gasteiger charge is -2.24. The summed E-state index contributed by atoms with van der Waals surface area (Å²) in [5, 5.41) is 9.99. The molecule has 0 aliphatic rings. The molecule has 0 radical (unpaired) electrons. The van der Waals surface area contributed by atoms with Gasteiger partial charge in [-0.15, -0.1) is 6.42 Å². The van der Waals surface area contributed by atoms with Crippen molar-refractivity contribution in [2.75, 3.05) is 33.4 Å². The molecule has 1 aromatic carbocycles. The fraction of sp³-hybridized carbons (Fsp3) is 0.529. The standard InChI is InChI=1S/C17H25NO3/c1-4-9-18(13-16(19)14-21-10-5-2)12-15-7-6-8-17(11-15)20-3/h2,6-8,11,16,19H,4,9-10,12-14H2,1,3H3. The van der Waals surface area contributed by atoms with E-state index in [4.69, 9.17) is 15.9 Å². The van der Waals surface area contributed by atoms with Gasteiger partial charge >= 0.3 is 0 Å². The number of hydrogen-bond donors (Lipinski definition) is 1. The Balaban J connectivity index is 2.53. The third-order valence-corrected chi connectivity index (χ3v) is 3.04. The lowest BCUT2D eigenvalue weighted by Crippen LogP contribution is -2.35. The molecule has 1 atom stereocenters. The van der Waals surface area contributed by atoms with Crippen molar-refractivity contribution in [3.8, 4) is 18.1 Å². The summed E-state index contributed by atoms with van der Waals surface area (Å²) in [5.74, 6) is 3.24. The van der Waals surface area contributed by atoms with Crippen LogP contribution >= 0.6 is 0 Å². The number of rotatable bonds is 10. The van der Waals surface area contributed by atoms with E-state index in [2.05, 4.69) is 23.8 Å². The molecular formula is C17H25NO3. The number of aliphatic hydroxyl groups excluding tert-OH is 1. The summed E-state index contributed by atoms with van der Waals surface area (Å²) in [7, 11) is 1.66. The number of aliphatic hydroxyl groups is 1. The molecule has 116 valence electrons. The quantitative estimate of drug-likeness (QED) is 0.528. The van der Waals surface area contributed by atoms with Gasteiger partial charge in [-0.1, -0.05) is 25.0 Å². The van der Waals surface area contributed by atoms with E-state index in [0.717, 1.165) is 25.3 Å². The van der Waals surface area contributed by atoms with Crippen LogP contribution in [0.4, 0.5) is 0 Å². The molecule has 0 aliphatic heterocycles. The van der Waals surface area contributed by atoms with Gasteiger partial charge in [0.25, 0.3) is 0 Å². The van der Waals surface area contributed by atoms with E-state index in [0.29, 0.717) is 6.54 Å². The Bertz CT molecular complexity index is 442. The van der Waals surface area contributed by atoms with E-state index in [-0.39, 0.29) is 13.2 Å². The Labute approximate surface area is 127 Å². The van der Waals surface area contributed by atoms with E-state index in [1.807, 2.05) is 18.2 Å². The van der Waals surface area contributed by atoms with Crippen LogP contribution in [0, 0.1) is 12.3 Å². The maximum absolute atomic E-state index is 9.99. The maximum Gasteiger partial charge on any atom is 0.119 e. The van der Waals surface area contributed by atoms with Gasteiger partial charge in [-0.05, 0) is 30.7 Å². The Morgan fingerprint density at radius 2 is 2.24 bits per heavy atom. The van der Waals surface area contributed by atoms with Crippen LogP contribution in [0.3, 0.4) is 0 Å². The molecule has 0 amide bonds. The van der Waals surface area contributed by atoms with Crippen molar-refractivity contribution in [1.29, 1.82) is 0 Å². The van der Waals surface area contributed by atoms with Gasteiger partial charge in [0.1, 0.15) is 12.4 Å². The van der Waals surface area contributed by atoms with Gasteiger partial charge in [0.2, 0.25) is 0 Å². The van der Waals surface area contributed by atoms with Gasteiger partial charge in [0.05, 0.1) is 19.8 Å². The second-order valence-electron chi connectivity index (χ2n) is 4.96. The predicted octanol–water partition coefficient (Wildman–Crippen LogP) is 1.92. The van der Waals surface area contributed by atoms with Crippen molar-refractivity contribution in [3.63, 3.8) is 0 Å². The smallest absolute Gasteiger partial charge is 0.119 e. The molecular weight excluding hydrogens is 266 g/mol. The summed E-state index contributed by atoms with van der Waals surface area (Å²) < 4.78 is 10.4. The van der Waals surface area contributed by atoms with Gasteiger partial charge in [0.15, 0.2) is 0 Å². The van der Waals surface area contributed by atoms with Crippen LogP contribution < -0.4 is 4.74 Å². The molecule has 1 rings (SSSR count). The molecule has 1 unspecified atom stereocenters. The molecule has 1 N–H and O–H groups in total. The van der Waals surface area contributed by atoms with Crippen LogP contribution in [0.1, 0.15) is 18.9 Å². The highest BCUT2D eigenvalue weighted by Crippen LogP contribution is 2.14. The Morgan fingerprint density at radius 3 is 2.90 bits per heavy atom. The fourth-order valence-corrected chi connectivity index (χ4v) is 2.18. The number of ether oxygens (including phenoxy) is 2. The summed E-state index contributed by atoms with van der Waals surface area (Å²) in [6.07, 6.45) is 5.61. The summed E-state index contributed by atoms with van der Waals surface area (Å²) in [6.45, 7) is 4.89. The molecule has 0 fully saturated rings. The number of nitrogens with zero attached hydrogens (tertiary/aromatic N) is 1. The second kappa shape index (κ2) is 10.2. The first kappa shape index (κ1) is 17.5. The Kier molecular flexibility index (Phi) is 8.53. The van der Waals surface area contributed by atoms with Crippen molar-refractivity contribution < 1.29 is 14.6 Å². The molecule has 1 aromatic rings. The van der Waals surface area contributed by atoms with Crippen molar-refractivity contribution in [1.82, 2.24) is 4.90 Å². The molecule has 0 heterocycles. The van der Waals surface area contributed by atoms with E-state index in [9.17, 15) is 5.11 Å². The monoisotopic (exact) mass is 291 g/mol. The number of hydrogen-bond acceptors (Lipinski definition) is 4. The molecule has 4 heteroatoms. The predicted molar refractivity (Wildman–Crippen MR) is 84.2 cm³/mol. The van der Waals surface area contributed by atoms with Crippen LogP contribution in [-0.2, 0) is 11.3 Å². The first-order valence-electron chi connectivity index (χ1n) is 7.24. The zero-order valence-electron chi connectivity index (χ0n) is 12.9. The lowest BCUT2D eigenvalue weighted by atomic mass is 10.2. The second-order valence-corrected chi connectivity index (χ2v) is 4.96. The van der Waals surface area contributed by atoms with Gasteiger partial charge in [-0.25, -0.2) is 0 Å². The normalized spacial score (nSPS) is 12.1. The molecule has 0 bridgehead atoms. The van der Waals surface area contributed by atoms with E-state index in [1.165, 1.54) is 5.56 Å². The number of terminal acetylenes is 1. The minimum absolute atomic E-state index is 0.237. The highest BCUT2D eigenvalue weighted by molar-refractivity contribution is 5.28. The van der Waals surface area contributed by atoms with Crippen molar-refractivity contribution in [3.05, 3.63) is 29.8 Å². The molecule has 0 saturated carbocycles. The summed E-state index contributed by atoms with van der Waals surface area (Å²) in [5.41, 5.74) is 1.17. The minimum Gasteiger partial charge on any atom is -0.497 e. The first-order valence-corrected chi connectivity index (χ1v) is 7.24. The van der Waals surface area contributed by atoms with Gasteiger partial charge in [-0.2, -0.15) is 0 Å². The van der Waals surface area contributed by atoms with Crippen molar-refractivity contribution in [2.24, 2.45) is 0 Å². The van der Waals surface area contributed by atoms with Crippen molar-refractivity contribution >= 4 is 0 Å². The zero-order chi connectivity index (χ0) is 15.5. The minimum atomic E-state index is -0.532. The SMILES string of the molecule is C#CCOCC(O)CN(CCC)Cc1cccc(OC)c1. The van der Waals surface area contributed by atoms with Crippen LogP contribution in [0.2, 0.25) is 0 Å².